The number of hydrogen-bond acceptors (Lipinski definition) is 4. The molecular formula is C20H23NO4. The van der Waals surface area contributed by atoms with Crippen molar-refractivity contribution in [2.45, 2.75) is 32.4 Å². The zero-order valence-corrected chi connectivity index (χ0v) is 14.7. The van der Waals surface area contributed by atoms with Crippen molar-refractivity contribution in [3.63, 3.8) is 0 Å². The molecular weight excluding hydrogens is 318 g/mol. The highest BCUT2D eigenvalue weighted by molar-refractivity contribution is 5.99. The van der Waals surface area contributed by atoms with Gasteiger partial charge in [-0.25, -0.2) is 0 Å². The number of benzene rings is 2. The minimum Gasteiger partial charge on any atom is -0.496 e. The van der Waals surface area contributed by atoms with E-state index in [0.717, 1.165) is 11.1 Å². The molecule has 0 saturated carbocycles. The first-order valence-electron chi connectivity index (χ1n) is 8.14. The quantitative estimate of drug-likeness (QED) is 0.720. The molecule has 0 aromatic heterocycles. The lowest BCUT2D eigenvalue weighted by Gasteiger charge is -2.20. The van der Waals surface area contributed by atoms with Crippen molar-refractivity contribution in [1.29, 1.82) is 0 Å². The van der Waals surface area contributed by atoms with Gasteiger partial charge < -0.3 is 9.84 Å². The average molecular weight is 341 g/mol. The molecule has 2 rings (SSSR count). The van der Waals surface area contributed by atoms with Gasteiger partial charge in [-0.15, -0.1) is 0 Å². The monoisotopic (exact) mass is 341 g/mol. The number of carbonyl (C=O) groups is 2. The molecule has 0 saturated heterocycles. The summed E-state index contributed by atoms with van der Waals surface area (Å²) in [6, 6.07) is 13.5. The predicted octanol–water partition coefficient (Wildman–Crippen LogP) is 3.38. The third kappa shape index (κ3) is 4.90. The number of hydrogen-bond donors (Lipinski definition) is 2. The molecule has 0 aliphatic rings. The van der Waals surface area contributed by atoms with E-state index in [2.05, 4.69) is 5.32 Å². The molecule has 0 spiro atoms. The van der Waals surface area contributed by atoms with Crippen LogP contribution in [-0.4, -0.2) is 30.0 Å². The van der Waals surface area contributed by atoms with Crippen LogP contribution >= 0.6 is 0 Å². The molecule has 132 valence electrons. The number of carboxylic acid groups (broad SMARTS) is 1. The normalized spacial score (nSPS) is 13.1. The summed E-state index contributed by atoms with van der Waals surface area (Å²) in [6.45, 7) is 3.73. The van der Waals surface area contributed by atoms with Crippen molar-refractivity contribution >= 4 is 11.8 Å². The summed E-state index contributed by atoms with van der Waals surface area (Å²) in [4.78, 5) is 24.1. The Kier molecular flexibility index (Phi) is 6.31. The van der Waals surface area contributed by atoms with E-state index >= 15 is 0 Å². The largest absolute Gasteiger partial charge is 0.496 e. The van der Waals surface area contributed by atoms with Gasteiger partial charge >= 0.3 is 5.97 Å². The molecule has 5 heteroatoms. The molecule has 2 aromatic carbocycles. The van der Waals surface area contributed by atoms with Gasteiger partial charge in [-0.3, -0.25) is 14.9 Å². The van der Waals surface area contributed by atoms with Crippen LogP contribution in [0.5, 0.6) is 5.75 Å². The van der Waals surface area contributed by atoms with Crippen LogP contribution < -0.4 is 10.1 Å². The van der Waals surface area contributed by atoms with Gasteiger partial charge in [-0.2, -0.15) is 0 Å². The van der Waals surface area contributed by atoms with Gasteiger partial charge in [0.05, 0.1) is 7.11 Å². The third-order valence-electron chi connectivity index (χ3n) is 4.16. The Morgan fingerprint density at radius 2 is 1.84 bits per heavy atom. The average Bonchev–Trinajstić information content (AvgIpc) is 2.61. The van der Waals surface area contributed by atoms with Crippen LogP contribution in [0.1, 0.15) is 40.9 Å². The van der Waals surface area contributed by atoms with Gasteiger partial charge in [-0.1, -0.05) is 30.3 Å². The van der Waals surface area contributed by atoms with Crippen LogP contribution in [0.2, 0.25) is 0 Å². The lowest BCUT2D eigenvalue weighted by molar-refractivity contribution is -0.139. The topological polar surface area (TPSA) is 75.6 Å². The van der Waals surface area contributed by atoms with Gasteiger partial charge in [-0.05, 0) is 43.2 Å². The summed E-state index contributed by atoms with van der Waals surface area (Å²) in [7, 11) is 1.57. The SMILES string of the molecule is COc1ccc(C(=O)CC(N[C@@H](C)c2ccccc2)C(=O)O)cc1C. The standard InChI is InChI=1S/C20H23NO4/c1-13-11-16(9-10-19(13)25-3)18(22)12-17(20(23)24)21-14(2)15-7-5-4-6-8-15/h4-11,14,17,21H,12H2,1-3H3,(H,23,24)/t14-,17?/m0/s1. The van der Waals surface area contributed by atoms with E-state index in [-0.39, 0.29) is 18.2 Å². The minimum atomic E-state index is -1.04. The number of rotatable bonds is 8. The number of carboxylic acids is 1. The molecule has 2 atom stereocenters. The van der Waals surface area contributed by atoms with Crippen molar-refractivity contribution < 1.29 is 19.4 Å². The second-order valence-corrected chi connectivity index (χ2v) is 6.00. The summed E-state index contributed by atoms with van der Waals surface area (Å²) < 4.78 is 5.18. The number of methoxy groups -OCH3 is 1. The molecule has 2 N–H and O–H groups in total. The first-order chi connectivity index (χ1) is 11.9. The summed E-state index contributed by atoms with van der Waals surface area (Å²) in [5, 5.41) is 12.5. The number of Topliss-reactive ketones (excluding diaryl/α,β-unsaturated/α-hetero) is 1. The van der Waals surface area contributed by atoms with Crippen LogP contribution in [0, 0.1) is 6.92 Å². The summed E-state index contributed by atoms with van der Waals surface area (Å²) in [5.74, 6) is -0.561. The second kappa shape index (κ2) is 8.44. The zero-order valence-electron chi connectivity index (χ0n) is 14.7. The molecule has 0 heterocycles. The predicted molar refractivity (Wildman–Crippen MR) is 96.1 cm³/mol. The van der Waals surface area contributed by atoms with E-state index in [1.807, 2.05) is 44.2 Å². The van der Waals surface area contributed by atoms with Gasteiger partial charge in [0, 0.05) is 18.0 Å². The molecule has 0 aliphatic heterocycles. The fourth-order valence-corrected chi connectivity index (χ4v) is 2.71. The van der Waals surface area contributed by atoms with E-state index in [1.54, 1.807) is 25.3 Å². The molecule has 0 bridgehead atoms. The van der Waals surface area contributed by atoms with Gasteiger partial charge in [0.2, 0.25) is 0 Å². The Morgan fingerprint density at radius 3 is 2.40 bits per heavy atom. The molecule has 5 nitrogen and oxygen atoms in total. The number of aliphatic carboxylic acids is 1. The lowest BCUT2D eigenvalue weighted by atomic mass is 10.00. The van der Waals surface area contributed by atoms with E-state index < -0.39 is 12.0 Å². The first kappa shape index (κ1) is 18.7. The van der Waals surface area contributed by atoms with Crippen molar-refractivity contribution in [2.24, 2.45) is 0 Å². The zero-order chi connectivity index (χ0) is 18.4. The molecule has 25 heavy (non-hydrogen) atoms. The maximum Gasteiger partial charge on any atom is 0.321 e. The van der Waals surface area contributed by atoms with Crippen molar-refractivity contribution in [3.05, 3.63) is 65.2 Å². The van der Waals surface area contributed by atoms with Crippen molar-refractivity contribution in [3.8, 4) is 5.75 Å². The van der Waals surface area contributed by atoms with Crippen LogP contribution in [0.4, 0.5) is 0 Å². The van der Waals surface area contributed by atoms with Gasteiger partial charge in [0.1, 0.15) is 11.8 Å². The highest BCUT2D eigenvalue weighted by atomic mass is 16.5. The van der Waals surface area contributed by atoms with E-state index in [0.29, 0.717) is 11.3 Å². The molecule has 0 radical (unpaired) electrons. The fraction of sp³-hybridized carbons (Fsp3) is 0.300. The summed E-state index contributed by atoms with van der Waals surface area (Å²) >= 11 is 0. The fourth-order valence-electron chi connectivity index (χ4n) is 2.71. The molecule has 0 fully saturated rings. The Morgan fingerprint density at radius 1 is 1.16 bits per heavy atom. The number of ether oxygens (including phenoxy) is 1. The van der Waals surface area contributed by atoms with E-state index in [1.165, 1.54) is 0 Å². The highest BCUT2D eigenvalue weighted by Crippen LogP contribution is 2.20. The van der Waals surface area contributed by atoms with E-state index in [9.17, 15) is 14.7 Å². The van der Waals surface area contributed by atoms with Crippen molar-refractivity contribution in [2.75, 3.05) is 7.11 Å². The Labute approximate surface area is 147 Å². The molecule has 0 aliphatic carbocycles. The summed E-state index contributed by atoms with van der Waals surface area (Å²) in [5.41, 5.74) is 2.30. The van der Waals surface area contributed by atoms with Crippen LogP contribution in [0.25, 0.3) is 0 Å². The molecule has 0 amide bonds. The number of aryl methyl sites for hydroxylation is 1. The smallest absolute Gasteiger partial charge is 0.321 e. The van der Waals surface area contributed by atoms with Gasteiger partial charge in [0.15, 0.2) is 5.78 Å². The lowest BCUT2D eigenvalue weighted by Crippen LogP contribution is -2.40. The first-order valence-corrected chi connectivity index (χ1v) is 8.14. The summed E-state index contributed by atoms with van der Waals surface area (Å²) in [6.07, 6.45) is -0.113. The number of nitrogens with one attached hydrogen (secondary N) is 1. The van der Waals surface area contributed by atoms with Crippen LogP contribution in [0.15, 0.2) is 48.5 Å². The van der Waals surface area contributed by atoms with E-state index in [4.69, 9.17) is 4.74 Å². The van der Waals surface area contributed by atoms with Crippen molar-refractivity contribution in [1.82, 2.24) is 5.32 Å². The van der Waals surface area contributed by atoms with Gasteiger partial charge in [0.25, 0.3) is 0 Å². The molecule has 2 aromatic rings. The van der Waals surface area contributed by atoms with Crippen LogP contribution in [0.3, 0.4) is 0 Å². The number of carbonyl (C=O) groups excluding carboxylic acids is 1. The number of ketones is 1. The van der Waals surface area contributed by atoms with Crippen LogP contribution in [-0.2, 0) is 4.79 Å². The Bertz CT molecular complexity index is 743. The maximum absolute atomic E-state index is 12.5. The second-order valence-electron chi connectivity index (χ2n) is 6.00. The molecule has 1 unspecified atom stereocenters. The Hall–Kier alpha value is -2.66. The Balaban J connectivity index is 2.09. The maximum atomic E-state index is 12.5. The minimum absolute atomic E-state index is 0.113. The third-order valence-corrected chi connectivity index (χ3v) is 4.16. The highest BCUT2D eigenvalue weighted by Gasteiger charge is 2.24.